The van der Waals surface area contributed by atoms with Gasteiger partial charge in [-0.1, -0.05) is 6.42 Å². The van der Waals surface area contributed by atoms with Gasteiger partial charge in [0.1, 0.15) is 5.76 Å². The Kier molecular flexibility index (Phi) is 5.57. The van der Waals surface area contributed by atoms with Crippen LogP contribution in [0.5, 0.6) is 0 Å². The monoisotopic (exact) mass is 382 g/mol. The predicted molar refractivity (Wildman–Crippen MR) is 105 cm³/mol. The van der Waals surface area contributed by atoms with Crippen LogP contribution in [0.25, 0.3) is 0 Å². The number of aryl methyl sites for hydroxylation is 1. The van der Waals surface area contributed by atoms with Crippen molar-refractivity contribution in [2.24, 2.45) is 0 Å². The number of amides is 1. The molecule has 28 heavy (non-hydrogen) atoms. The summed E-state index contributed by atoms with van der Waals surface area (Å²) >= 11 is 0. The van der Waals surface area contributed by atoms with Gasteiger partial charge in [0, 0.05) is 24.5 Å². The molecule has 0 bridgehead atoms. The molecule has 0 unspecified atom stereocenters. The molecule has 4 rings (SSSR count). The van der Waals surface area contributed by atoms with Gasteiger partial charge in [-0.2, -0.15) is 10.2 Å². The number of likely N-dealkylation sites (tertiary alicyclic amines) is 1. The number of hydrogen-bond donors (Lipinski definition) is 1. The van der Waals surface area contributed by atoms with E-state index in [1.54, 1.807) is 23.1 Å². The van der Waals surface area contributed by atoms with E-state index in [1.165, 1.54) is 19.3 Å². The van der Waals surface area contributed by atoms with E-state index in [0.717, 1.165) is 37.5 Å². The maximum atomic E-state index is 12.5. The lowest BCUT2D eigenvalue weighted by atomic mass is 10.1. The second-order valence-corrected chi connectivity index (χ2v) is 7.19. The maximum absolute atomic E-state index is 12.5. The van der Waals surface area contributed by atoms with Crippen LogP contribution in [-0.4, -0.2) is 43.5 Å². The van der Waals surface area contributed by atoms with Crippen molar-refractivity contribution >= 4 is 11.6 Å². The Labute approximate surface area is 164 Å². The zero-order valence-corrected chi connectivity index (χ0v) is 16.2. The molecule has 1 amide bonds. The van der Waals surface area contributed by atoms with Crippen LogP contribution in [0.3, 0.4) is 0 Å². The normalized spacial score (nSPS) is 15.0. The summed E-state index contributed by atoms with van der Waals surface area (Å²) < 4.78 is 9.40. The molecule has 3 aromatic rings. The first kappa shape index (κ1) is 18.5. The summed E-state index contributed by atoms with van der Waals surface area (Å²) in [5.41, 5.74) is 1.71. The topological polar surface area (TPSA) is 81.1 Å². The van der Waals surface area contributed by atoms with Crippen LogP contribution in [0.15, 0.2) is 41.3 Å². The first-order chi connectivity index (χ1) is 13.7. The molecule has 0 saturated carbocycles. The Balaban J connectivity index is 1.33. The molecule has 3 aromatic heterocycles. The van der Waals surface area contributed by atoms with Crippen LogP contribution >= 0.6 is 0 Å². The second kappa shape index (κ2) is 8.43. The first-order valence-corrected chi connectivity index (χ1v) is 9.86. The fourth-order valence-corrected chi connectivity index (χ4v) is 3.48. The summed E-state index contributed by atoms with van der Waals surface area (Å²) in [5, 5.41) is 11.4. The number of rotatable bonds is 7. The standard InChI is InChI=1S/C20H26N6O2/c1-2-25-12-16(10-21-25)13-26-14-17(11-22-26)23-20(27)19-7-6-18(28-19)15-24-8-4-3-5-9-24/h6-7,10-12,14H,2-5,8-9,13,15H2,1H3,(H,23,27). The van der Waals surface area contributed by atoms with Crippen molar-refractivity contribution in [3.05, 3.63) is 54.0 Å². The molecule has 0 spiro atoms. The van der Waals surface area contributed by atoms with Gasteiger partial charge in [-0.25, -0.2) is 0 Å². The van der Waals surface area contributed by atoms with Gasteiger partial charge in [0.15, 0.2) is 5.76 Å². The van der Waals surface area contributed by atoms with Gasteiger partial charge in [0.2, 0.25) is 0 Å². The number of carbonyl (C=O) groups is 1. The highest BCUT2D eigenvalue weighted by Gasteiger charge is 2.16. The van der Waals surface area contributed by atoms with Crippen LogP contribution < -0.4 is 5.32 Å². The maximum Gasteiger partial charge on any atom is 0.291 e. The number of aromatic nitrogens is 4. The summed E-state index contributed by atoms with van der Waals surface area (Å²) in [6, 6.07) is 3.62. The second-order valence-electron chi connectivity index (χ2n) is 7.19. The Morgan fingerprint density at radius 1 is 1.07 bits per heavy atom. The highest BCUT2D eigenvalue weighted by atomic mass is 16.4. The Morgan fingerprint density at radius 3 is 2.68 bits per heavy atom. The van der Waals surface area contributed by atoms with Crippen LogP contribution in [0.4, 0.5) is 5.69 Å². The van der Waals surface area contributed by atoms with E-state index in [2.05, 4.69) is 20.4 Å². The van der Waals surface area contributed by atoms with Crippen LogP contribution in [0.1, 0.15) is 48.1 Å². The molecule has 1 saturated heterocycles. The molecule has 4 heterocycles. The van der Waals surface area contributed by atoms with E-state index in [9.17, 15) is 4.79 Å². The van der Waals surface area contributed by atoms with Crippen molar-refractivity contribution in [3.8, 4) is 0 Å². The van der Waals surface area contributed by atoms with E-state index in [0.29, 0.717) is 18.0 Å². The summed E-state index contributed by atoms with van der Waals surface area (Å²) in [6.07, 6.45) is 11.0. The van der Waals surface area contributed by atoms with Crippen molar-refractivity contribution in [2.75, 3.05) is 18.4 Å². The van der Waals surface area contributed by atoms with Crippen LogP contribution in [-0.2, 0) is 19.6 Å². The minimum absolute atomic E-state index is 0.261. The quantitative estimate of drug-likeness (QED) is 0.679. The van der Waals surface area contributed by atoms with Gasteiger partial charge < -0.3 is 9.73 Å². The number of hydrogen-bond acceptors (Lipinski definition) is 5. The molecule has 1 N–H and O–H groups in total. The van der Waals surface area contributed by atoms with Gasteiger partial charge in [-0.3, -0.25) is 19.1 Å². The van der Waals surface area contributed by atoms with Gasteiger partial charge >= 0.3 is 0 Å². The minimum atomic E-state index is -0.261. The molecular weight excluding hydrogens is 356 g/mol. The molecule has 0 atom stereocenters. The number of nitrogens with one attached hydrogen (secondary N) is 1. The first-order valence-electron chi connectivity index (χ1n) is 9.86. The summed E-state index contributed by atoms with van der Waals surface area (Å²) in [4.78, 5) is 14.8. The smallest absolute Gasteiger partial charge is 0.291 e. The van der Waals surface area contributed by atoms with E-state index >= 15 is 0 Å². The molecule has 0 radical (unpaired) electrons. The SMILES string of the molecule is CCn1cc(Cn2cc(NC(=O)c3ccc(CN4CCCCC4)o3)cn2)cn1. The third-order valence-corrected chi connectivity index (χ3v) is 4.96. The van der Waals surface area contributed by atoms with Crippen LogP contribution in [0.2, 0.25) is 0 Å². The van der Waals surface area contributed by atoms with Crippen LogP contribution in [0, 0.1) is 0 Å². The summed E-state index contributed by atoms with van der Waals surface area (Å²) in [7, 11) is 0. The molecule has 8 heteroatoms. The molecule has 8 nitrogen and oxygen atoms in total. The van der Waals surface area contributed by atoms with E-state index < -0.39 is 0 Å². The number of furan rings is 1. The summed E-state index contributed by atoms with van der Waals surface area (Å²) in [6.45, 7) is 6.44. The highest BCUT2D eigenvalue weighted by molar-refractivity contribution is 6.02. The number of piperidine rings is 1. The Bertz CT molecular complexity index is 919. The molecule has 0 aromatic carbocycles. The lowest BCUT2D eigenvalue weighted by Gasteiger charge is -2.25. The van der Waals surface area contributed by atoms with Crippen molar-refractivity contribution in [1.29, 1.82) is 0 Å². The lowest BCUT2D eigenvalue weighted by Crippen LogP contribution is -2.28. The van der Waals surface area contributed by atoms with E-state index in [1.807, 2.05) is 30.1 Å². The Morgan fingerprint density at radius 2 is 1.89 bits per heavy atom. The molecule has 0 aliphatic carbocycles. The zero-order valence-electron chi connectivity index (χ0n) is 16.2. The number of nitrogens with zero attached hydrogens (tertiary/aromatic N) is 5. The average Bonchev–Trinajstić information content (AvgIpc) is 3.44. The lowest BCUT2D eigenvalue weighted by molar-refractivity contribution is 0.0992. The molecule has 148 valence electrons. The van der Waals surface area contributed by atoms with Crippen molar-refractivity contribution in [2.45, 2.75) is 45.8 Å². The highest BCUT2D eigenvalue weighted by Crippen LogP contribution is 2.16. The average molecular weight is 382 g/mol. The number of carbonyl (C=O) groups excluding carboxylic acids is 1. The molecular formula is C20H26N6O2. The molecule has 1 aliphatic heterocycles. The van der Waals surface area contributed by atoms with Gasteiger partial charge in [0.25, 0.3) is 5.91 Å². The fraction of sp³-hybridized carbons (Fsp3) is 0.450. The van der Waals surface area contributed by atoms with Gasteiger partial charge in [-0.05, 0) is 45.0 Å². The van der Waals surface area contributed by atoms with Crippen molar-refractivity contribution < 1.29 is 9.21 Å². The third-order valence-electron chi connectivity index (χ3n) is 4.96. The van der Waals surface area contributed by atoms with E-state index in [4.69, 9.17) is 4.42 Å². The molecule has 1 aliphatic rings. The minimum Gasteiger partial charge on any atom is -0.455 e. The van der Waals surface area contributed by atoms with Crippen molar-refractivity contribution in [3.63, 3.8) is 0 Å². The van der Waals surface area contributed by atoms with Gasteiger partial charge in [0.05, 0.1) is 31.2 Å². The van der Waals surface area contributed by atoms with Crippen molar-refractivity contribution in [1.82, 2.24) is 24.5 Å². The molecule has 1 fully saturated rings. The fourth-order valence-electron chi connectivity index (χ4n) is 3.48. The Hall–Kier alpha value is -2.87. The van der Waals surface area contributed by atoms with E-state index in [-0.39, 0.29) is 5.91 Å². The number of anilines is 1. The van der Waals surface area contributed by atoms with Gasteiger partial charge in [-0.15, -0.1) is 0 Å². The summed E-state index contributed by atoms with van der Waals surface area (Å²) in [5.74, 6) is 0.892. The zero-order chi connectivity index (χ0) is 19.3. The third kappa shape index (κ3) is 4.51. The predicted octanol–water partition coefficient (Wildman–Crippen LogP) is 2.98. The largest absolute Gasteiger partial charge is 0.455 e.